The molecule has 0 spiro atoms. The minimum absolute atomic E-state index is 0.152. The fourth-order valence-electron chi connectivity index (χ4n) is 1.49. The zero-order chi connectivity index (χ0) is 12.3. The third kappa shape index (κ3) is 3.04. The zero-order valence-corrected chi connectivity index (χ0v) is 9.85. The normalized spacial score (nSPS) is 14.6. The predicted molar refractivity (Wildman–Crippen MR) is 68.7 cm³/mol. The van der Waals surface area contributed by atoms with Crippen molar-refractivity contribution in [1.29, 1.82) is 0 Å². The van der Waals surface area contributed by atoms with Crippen molar-refractivity contribution in [2.75, 3.05) is 6.54 Å². The molecule has 1 amide bonds. The Morgan fingerprint density at radius 3 is 3.00 bits per heavy atom. The molecule has 2 rings (SSSR count). The molecule has 0 saturated heterocycles. The van der Waals surface area contributed by atoms with Crippen molar-refractivity contribution in [3.05, 3.63) is 47.6 Å². The van der Waals surface area contributed by atoms with Gasteiger partial charge in [0, 0.05) is 17.3 Å². The molecule has 1 aliphatic rings. The maximum atomic E-state index is 10.8. The standard InChI is InChI=1S/C12H12N2O2S/c13-12(16)8-14-4-5-17-11(7-14)9-2-1-3-10(15)6-9/h1-7,15H,8H2,(H2,13,16). The second-order valence-corrected chi connectivity index (χ2v) is 4.53. The Kier molecular flexibility index (Phi) is 3.39. The zero-order valence-electron chi connectivity index (χ0n) is 9.04. The van der Waals surface area contributed by atoms with E-state index >= 15 is 0 Å². The van der Waals surface area contributed by atoms with E-state index in [1.807, 2.05) is 17.7 Å². The van der Waals surface area contributed by atoms with E-state index in [2.05, 4.69) is 0 Å². The highest BCUT2D eigenvalue weighted by Crippen LogP contribution is 2.33. The van der Waals surface area contributed by atoms with Gasteiger partial charge < -0.3 is 15.7 Å². The molecule has 0 aromatic heterocycles. The van der Waals surface area contributed by atoms with Crippen LogP contribution in [0.15, 0.2) is 42.1 Å². The Labute approximate surface area is 103 Å². The number of benzene rings is 1. The molecule has 1 aromatic carbocycles. The van der Waals surface area contributed by atoms with Crippen LogP contribution in [-0.4, -0.2) is 22.5 Å². The molecule has 0 atom stereocenters. The third-order valence-corrected chi connectivity index (χ3v) is 3.05. The molecule has 0 unspecified atom stereocenters. The summed E-state index contributed by atoms with van der Waals surface area (Å²) < 4.78 is 0. The summed E-state index contributed by atoms with van der Waals surface area (Å²) in [7, 11) is 0. The van der Waals surface area contributed by atoms with Crippen LogP contribution in [0.5, 0.6) is 5.75 Å². The SMILES string of the molecule is NC(=O)CN1C=CSC(c2cccc(O)c2)=C1. The van der Waals surface area contributed by atoms with Crippen LogP contribution in [0.2, 0.25) is 0 Å². The van der Waals surface area contributed by atoms with Crippen molar-refractivity contribution >= 4 is 22.6 Å². The van der Waals surface area contributed by atoms with Crippen molar-refractivity contribution in [3.63, 3.8) is 0 Å². The Balaban J connectivity index is 2.21. The fourth-order valence-corrected chi connectivity index (χ4v) is 2.31. The number of rotatable bonds is 3. The highest BCUT2D eigenvalue weighted by Gasteiger charge is 2.10. The largest absolute Gasteiger partial charge is 0.508 e. The second kappa shape index (κ2) is 4.97. The molecule has 0 fully saturated rings. The summed E-state index contributed by atoms with van der Waals surface area (Å²) in [5, 5.41) is 11.3. The minimum Gasteiger partial charge on any atom is -0.508 e. The van der Waals surface area contributed by atoms with Crippen LogP contribution < -0.4 is 5.73 Å². The van der Waals surface area contributed by atoms with E-state index in [1.165, 1.54) is 11.8 Å². The van der Waals surface area contributed by atoms with Gasteiger partial charge in [-0.15, -0.1) is 0 Å². The number of carbonyl (C=O) groups excluding carboxylic acids is 1. The molecule has 0 bridgehead atoms. The number of phenols is 1. The van der Waals surface area contributed by atoms with Gasteiger partial charge in [-0.3, -0.25) is 4.79 Å². The van der Waals surface area contributed by atoms with Gasteiger partial charge >= 0.3 is 0 Å². The first-order valence-electron chi connectivity index (χ1n) is 5.04. The molecular weight excluding hydrogens is 236 g/mol. The summed E-state index contributed by atoms with van der Waals surface area (Å²) in [6.07, 6.45) is 3.63. The lowest BCUT2D eigenvalue weighted by Crippen LogP contribution is -2.27. The highest BCUT2D eigenvalue weighted by molar-refractivity contribution is 8.10. The van der Waals surface area contributed by atoms with Gasteiger partial charge in [0.15, 0.2) is 0 Å². The van der Waals surface area contributed by atoms with Gasteiger partial charge in [-0.2, -0.15) is 0 Å². The third-order valence-electron chi connectivity index (χ3n) is 2.20. The maximum absolute atomic E-state index is 10.8. The molecule has 1 heterocycles. The van der Waals surface area contributed by atoms with Gasteiger partial charge in [-0.1, -0.05) is 23.9 Å². The summed E-state index contributed by atoms with van der Waals surface area (Å²) in [5.74, 6) is -0.159. The molecule has 5 heteroatoms. The topological polar surface area (TPSA) is 66.6 Å². The fraction of sp³-hybridized carbons (Fsp3) is 0.0833. The lowest BCUT2D eigenvalue weighted by Gasteiger charge is -2.19. The van der Waals surface area contributed by atoms with E-state index in [0.29, 0.717) is 0 Å². The van der Waals surface area contributed by atoms with Crippen LogP contribution in [0.25, 0.3) is 4.91 Å². The first-order valence-corrected chi connectivity index (χ1v) is 5.92. The monoisotopic (exact) mass is 248 g/mol. The number of phenolic OH excluding ortho intramolecular Hbond substituents is 1. The van der Waals surface area contributed by atoms with Crippen molar-refractivity contribution in [2.45, 2.75) is 0 Å². The Morgan fingerprint density at radius 1 is 1.47 bits per heavy atom. The van der Waals surface area contributed by atoms with Gasteiger partial charge in [0.25, 0.3) is 0 Å². The summed E-state index contributed by atoms with van der Waals surface area (Å²) in [6, 6.07) is 6.98. The van der Waals surface area contributed by atoms with E-state index < -0.39 is 0 Å². The molecule has 0 radical (unpaired) electrons. The molecule has 17 heavy (non-hydrogen) atoms. The number of primary amides is 1. The molecule has 3 N–H and O–H groups in total. The number of nitrogens with zero attached hydrogens (tertiary/aromatic N) is 1. The lowest BCUT2D eigenvalue weighted by molar-refractivity contribution is -0.118. The summed E-state index contributed by atoms with van der Waals surface area (Å²) in [4.78, 5) is 13.5. The average Bonchev–Trinajstić information content (AvgIpc) is 2.28. The van der Waals surface area contributed by atoms with Gasteiger partial charge in [0.05, 0.1) is 0 Å². The molecule has 0 saturated carbocycles. The van der Waals surface area contributed by atoms with Crippen LogP contribution in [-0.2, 0) is 4.79 Å². The van der Waals surface area contributed by atoms with E-state index in [1.54, 1.807) is 29.3 Å². The van der Waals surface area contributed by atoms with Crippen LogP contribution in [0.4, 0.5) is 0 Å². The van der Waals surface area contributed by atoms with E-state index in [4.69, 9.17) is 5.73 Å². The first-order chi connectivity index (χ1) is 8.15. The van der Waals surface area contributed by atoms with E-state index in [9.17, 15) is 9.90 Å². The van der Waals surface area contributed by atoms with Crippen molar-refractivity contribution in [2.24, 2.45) is 5.73 Å². The van der Waals surface area contributed by atoms with Crippen LogP contribution in [0.1, 0.15) is 5.56 Å². The van der Waals surface area contributed by atoms with Crippen molar-refractivity contribution < 1.29 is 9.90 Å². The number of hydrogen-bond acceptors (Lipinski definition) is 4. The number of thioether (sulfide) groups is 1. The summed E-state index contributed by atoms with van der Waals surface area (Å²) >= 11 is 1.53. The van der Waals surface area contributed by atoms with Crippen LogP contribution in [0, 0.1) is 0 Å². The van der Waals surface area contributed by atoms with Crippen molar-refractivity contribution in [1.82, 2.24) is 4.90 Å². The average molecular weight is 248 g/mol. The maximum Gasteiger partial charge on any atom is 0.237 e. The molecule has 0 aliphatic carbocycles. The molecule has 4 nitrogen and oxygen atoms in total. The first kappa shape index (κ1) is 11.6. The molecular formula is C12H12N2O2S. The van der Waals surface area contributed by atoms with Gasteiger partial charge in [-0.25, -0.2) is 0 Å². The summed E-state index contributed by atoms with van der Waals surface area (Å²) in [5.41, 5.74) is 6.05. The minimum atomic E-state index is -0.381. The van der Waals surface area contributed by atoms with Gasteiger partial charge in [-0.05, 0) is 23.1 Å². The molecule has 1 aliphatic heterocycles. The molecule has 1 aromatic rings. The van der Waals surface area contributed by atoms with E-state index in [-0.39, 0.29) is 18.2 Å². The van der Waals surface area contributed by atoms with E-state index in [0.717, 1.165) is 10.5 Å². The lowest BCUT2D eigenvalue weighted by atomic mass is 10.2. The molecule has 88 valence electrons. The quantitative estimate of drug-likeness (QED) is 0.854. The number of amides is 1. The second-order valence-electron chi connectivity index (χ2n) is 3.59. The number of nitrogens with two attached hydrogens (primary N) is 1. The van der Waals surface area contributed by atoms with Crippen LogP contribution >= 0.6 is 11.8 Å². The number of hydrogen-bond donors (Lipinski definition) is 2. The van der Waals surface area contributed by atoms with Crippen molar-refractivity contribution in [3.8, 4) is 5.75 Å². The van der Waals surface area contributed by atoms with Gasteiger partial charge in [0.1, 0.15) is 12.3 Å². The number of carbonyl (C=O) groups is 1. The van der Waals surface area contributed by atoms with Crippen LogP contribution in [0.3, 0.4) is 0 Å². The number of aromatic hydroxyl groups is 1. The predicted octanol–water partition coefficient (Wildman–Crippen LogP) is 1.70. The Bertz CT molecular complexity index is 497. The Morgan fingerprint density at radius 2 is 2.29 bits per heavy atom. The highest BCUT2D eigenvalue weighted by atomic mass is 32.2. The van der Waals surface area contributed by atoms with Gasteiger partial charge in [0.2, 0.25) is 5.91 Å². The smallest absolute Gasteiger partial charge is 0.237 e. The Hall–Kier alpha value is -1.88. The summed E-state index contributed by atoms with van der Waals surface area (Å²) in [6.45, 7) is 0.152.